The third kappa shape index (κ3) is 5.02. The summed E-state index contributed by atoms with van der Waals surface area (Å²) in [6, 6.07) is 8.73. The standard InChI is InChI=1S/C16H23N3S/c1-3-11-17-12-10-16-19-18-15(20-16)9-8-14-6-4-13(2)5-7-14/h4-7,17H,3,8-12H2,1-2H3. The highest BCUT2D eigenvalue weighted by Gasteiger charge is 2.04. The van der Waals surface area contributed by atoms with Crippen LogP contribution in [0.15, 0.2) is 24.3 Å². The van der Waals surface area contributed by atoms with E-state index in [0.29, 0.717) is 0 Å². The van der Waals surface area contributed by atoms with Gasteiger partial charge in [0.1, 0.15) is 10.0 Å². The molecule has 0 unspecified atom stereocenters. The molecule has 0 fully saturated rings. The van der Waals surface area contributed by atoms with E-state index in [1.807, 2.05) is 0 Å². The Labute approximate surface area is 125 Å². The van der Waals surface area contributed by atoms with Gasteiger partial charge in [-0.2, -0.15) is 0 Å². The Bertz CT molecular complexity index is 505. The molecule has 0 radical (unpaired) electrons. The van der Waals surface area contributed by atoms with Crippen LogP contribution >= 0.6 is 11.3 Å². The van der Waals surface area contributed by atoms with Crippen LogP contribution in [0.4, 0.5) is 0 Å². The number of hydrogen-bond donors (Lipinski definition) is 1. The van der Waals surface area contributed by atoms with Crippen molar-refractivity contribution in [3.8, 4) is 0 Å². The van der Waals surface area contributed by atoms with Crippen molar-refractivity contribution in [2.24, 2.45) is 0 Å². The molecule has 0 amide bonds. The van der Waals surface area contributed by atoms with E-state index in [1.165, 1.54) is 17.5 Å². The first-order valence-electron chi connectivity index (χ1n) is 7.35. The molecule has 0 aliphatic carbocycles. The van der Waals surface area contributed by atoms with E-state index >= 15 is 0 Å². The minimum atomic E-state index is 0.988. The number of aromatic nitrogens is 2. The molecule has 1 aromatic carbocycles. The van der Waals surface area contributed by atoms with Gasteiger partial charge in [0.15, 0.2) is 0 Å². The molecular formula is C16H23N3S. The number of rotatable bonds is 8. The SMILES string of the molecule is CCCNCCc1nnc(CCc2ccc(C)cc2)s1. The zero-order chi connectivity index (χ0) is 14.2. The number of aryl methyl sites for hydroxylation is 3. The third-order valence-corrected chi connectivity index (χ3v) is 4.24. The smallest absolute Gasteiger partial charge is 0.118 e. The number of nitrogens with one attached hydrogen (secondary N) is 1. The third-order valence-electron chi connectivity index (χ3n) is 3.20. The van der Waals surface area contributed by atoms with Crippen molar-refractivity contribution in [2.75, 3.05) is 13.1 Å². The molecule has 0 saturated carbocycles. The quantitative estimate of drug-likeness (QED) is 0.759. The van der Waals surface area contributed by atoms with Crippen LogP contribution in [0.1, 0.15) is 34.5 Å². The maximum Gasteiger partial charge on any atom is 0.118 e. The van der Waals surface area contributed by atoms with E-state index < -0.39 is 0 Å². The predicted octanol–water partition coefficient (Wildman–Crippen LogP) is 3.17. The molecule has 108 valence electrons. The summed E-state index contributed by atoms with van der Waals surface area (Å²) >= 11 is 1.75. The molecule has 0 spiro atoms. The van der Waals surface area contributed by atoms with Gasteiger partial charge in [-0.25, -0.2) is 0 Å². The van der Waals surface area contributed by atoms with Gasteiger partial charge in [0.25, 0.3) is 0 Å². The van der Waals surface area contributed by atoms with Gasteiger partial charge >= 0.3 is 0 Å². The van der Waals surface area contributed by atoms with Crippen LogP contribution in [-0.2, 0) is 19.3 Å². The van der Waals surface area contributed by atoms with E-state index in [-0.39, 0.29) is 0 Å². The molecule has 2 aromatic rings. The second-order valence-corrected chi connectivity index (χ2v) is 6.22. The van der Waals surface area contributed by atoms with Gasteiger partial charge in [0.05, 0.1) is 0 Å². The van der Waals surface area contributed by atoms with Gasteiger partial charge in [0, 0.05) is 19.4 Å². The van der Waals surface area contributed by atoms with Gasteiger partial charge in [-0.15, -0.1) is 21.5 Å². The Morgan fingerprint density at radius 3 is 2.35 bits per heavy atom. The lowest BCUT2D eigenvalue weighted by Gasteiger charge is -1.99. The summed E-state index contributed by atoms with van der Waals surface area (Å²) in [7, 11) is 0. The monoisotopic (exact) mass is 289 g/mol. The van der Waals surface area contributed by atoms with E-state index in [1.54, 1.807) is 11.3 Å². The highest BCUT2D eigenvalue weighted by atomic mass is 32.1. The predicted molar refractivity (Wildman–Crippen MR) is 85.4 cm³/mol. The molecule has 4 heteroatoms. The average Bonchev–Trinajstić information content (AvgIpc) is 2.91. The molecule has 2 rings (SSSR count). The lowest BCUT2D eigenvalue weighted by atomic mass is 10.1. The molecule has 3 nitrogen and oxygen atoms in total. The second-order valence-electron chi connectivity index (χ2n) is 5.08. The number of hydrogen-bond acceptors (Lipinski definition) is 4. The fourth-order valence-electron chi connectivity index (χ4n) is 1.99. The fraction of sp³-hybridized carbons (Fsp3) is 0.500. The highest BCUT2D eigenvalue weighted by Crippen LogP contribution is 2.13. The summed E-state index contributed by atoms with van der Waals surface area (Å²) in [6.07, 6.45) is 4.20. The van der Waals surface area contributed by atoms with Crippen molar-refractivity contribution in [2.45, 2.75) is 39.5 Å². The largest absolute Gasteiger partial charge is 0.316 e. The first kappa shape index (κ1) is 15.1. The van der Waals surface area contributed by atoms with Crippen molar-refractivity contribution >= 4 is 11.3 Å². The molecule has 1 N–H and O–H groups in total. The summed E-state index contributed by atoms with van der Waals surface area (Å²) in [5, 5.41) is 14.2. The molecule has 1 aromatic heterocycles. The average molecular weight is 289 g/mol. The Balaban J connectivity index is 1.76. The van der Waals surface area contributed by atoms with Crippen molar-refractivity contribution in [3.05, 3.63) is 45.4 Å². The topological polar surface area (TPSA) is 37.8 Å². The zero-order valence-corrected chi connectivity index (χ0v) is 13.2. The zero-order valence-electron chi connectivity index (χ0n) is 12.4. The van der Waals surface area contributed by atoms with Crippen molar-refractivity contribution in [3.63, 3.8) is 0 Å². The Morgan fingerprint density at radius 1 is 0.950 bits per heavy atom. The summed E-state index contributed by atoms with van der Waals surface area (Å²) in [6.45, 7) is 6.38. The molecular weight excluding hydrogens is 266 g/mol. The van der Waals surface area contributed by atoms with Crippen molar-refractivity contribution < 1.29 is 0 Å². The van der Waals surface area contributed by atoms with Crippen LogP contribution < -0.4 is 5.32 Å². The normalized spacial score (nSPS) is 10.9. The first-order valence-corrected chi connectivity index (χ1v) is 8.17. The van der Waals surface area contributed by atoms with E-state index in [9.17, 15) is 0 Å². The lowest BCUT2D eigenvalue weighted by Crippen LogP contribution is -2.17. The molecule has 0 saturated heterocycles. The summed E-state index contributed by atoms with van der Waals surface area (Å²) in [5.41, 5.74) is 2.68. The molecule has 1 heterocycles. The summed E-state index contributed by atoms with van der Waals surface area (Å²) in [4.78, 5) is 0. The van der Waals surface area contributed by atoms with Crippen molar-refractivity contribution in [1.29, 1.82) is 0 Å². The van der Waals surface area contributed by atoms with Gasteiger partial charge in [-0.3, -0.25) is 0 Å². The highest BCUT2D eigenvalue weighted by molar-refractivity contribution is 7.11. The molecule has 0 bridgehead atoms. The van der Waals surface area contributed by atoms with E-state index in [4.69, 9.17) is 0 Å². The minimum Gasteiger partial charge on any atom is -0.316 e. The van der Waals surface area contributed by atoms with Gasteiger partial charge in [-0.1, -0.05) is 36.8 Å². The summed E-state index contributed by atoms with van der Waals surface area (Å²) in [5.74, 6) is 0. The van der Waals surface area contributed by atoms with Crippen LogP contribution in [-0.4, -0.2) is 23.3 Å². The summed E-state index contributed by atoms with van der Waals surface area (Å²) < 4.78 is 0. The molecule has 0 atom stereocenters. The van der Waals surface area contributed by atoms with E-state index in [0.717, 1.165) is 42.4 Å². The molecule has 20 heavy (non-hydrogen) atoms. The lowest BCUT2D eigenvalue weighted by molar-refractivity contribution is 0.667. The van der Waals surface area contributed by atoms with Gasteiger partial charge < -0.3 is 5.32 Å². The van der Waals surface area contributed by atoms with Crippen LogP contribution in [0, 0.1) is 6.92 Å². The van der Waals surface area contributed by atoms with E-state index in [2.05, 4.69) is 53.6 Å². The van der Waals surface area contributed by atoms with Crippen LogP contribution in [0.3, 0.4) is 0 Å². The molecule has 0 aliphatic heterocycles. The number of nitrogens with zero attached hydrogens (tertiary/aromatic N) is 2. The Hall–Kier alpha value is -1.26. The fourth-order valence-corrected chi connectivity index (χ4v) is 2.84. The van der Waals surface area contributed by atoms with Crippen LogP contribution in [0.2, 0.25) is 0 Å². The Morgan fingerprint density at radius 2 is 1.65 bits per heavy atom. The van der Waals surface area contributed by atoms with Crippen LogP contribution in [0.25, 0.3) is 0 Å². The second kappa shape index (κ2) is 8.12. The van der Waals surface area contributed by atoms with Crippen molar-refractivity contribution in [1.82, 2.24) is 15.5 Å². The maximum absolute atomic E-state index is 4.29. The minimum absolute atomic E-state index is 0.988. The van der Waals surface area contributed by atoms with Gasteiger partial charge in [-0.05, 0) is 31.9 Å². The Kier molecular flexibility index (Phi) is 6.15. The molecule has 0 aliphatic rings. The van der Waals surface area contributed by atoms with Gasteiger partial charge in [0.2, 0.25) is 0 Å². The first-order chi connectivity index (χ1) is 9.78. The van der Waals surface area contributed by atoms with Crippen LogP contribution in [0.5, 0.6) is 0 Å². The number of benzene rings is 1. The maximum atomic E-state index is 4.29.